The third-order valence-electron chi connectivity index (χ3n) is 2.83. The van der Waals surface area contributed by atoms with Gasteiger partial charge in [-0.25, -0.2) is 9.59 Å². The number of amides is 1. The van der Waals surface area contributed by atoms with E-state index in [9.17, 15) is 14.4 Å². The average molecular weight is 285 g/mol. The van der Waals surface area contributed by atoms with E-state index in [1.54, 1.807) is 6.92 Å². The van der Waals surface area contributed by atoms with Gasteiger partial charge < -0.3 is 19.9 Å². The third kappa shape index (κ3) is 5.40. The van der Waals surface area contributed by atoms with Gasteiger partial charge in [-0.2, -0.15) is 0 Å². The van der Waals surface area contributed by atoms with Gasteiger partial charge in [0.1, 0.15) is 6.04 Å². The van der Waals surface area contributed by atoms with Gasteiger partial charge in [-0.15, -0.1) is 0 Å². The van der Waals surface area contributed by atoms with Crippen molar-refractivity contribution in [2.75, 3.05) is 19.8 Å². The first-order valence-electron chi connectivity index (χ1n) is 6.48. The SMILES string of the molecule is CCOC(=O)/C=C/C[C@H](NC(=O)[C@@H]1CCOC1)C(=O)O. The number of carboxylic acids is 1. The topological polar surface area (TPSA) is 102 Å². The Morgan fingerprint density at radius 3 is 2.80 bits per heavy atom. The molecule has 0 radical (unpaired) electrons. The van der Waals surface area contributed by atoms with E-state index in [-0.39, 0.29) is 24.9 Å². The van der Waals surface area contributed by atoms with Gasteiger partial charge in [0, 0.05) is 12.7 Å². The molecule has 1 aliphatic rings. The van der Waals surface area contributed by atoms with Crippen molar-refractivity contribution in [2.24, 2.45) is 5.92 Å². The molecule has 0 unspecified atom stereocenters. The van der Waals surface area contributed by atoms with Crippen molar-refractivity contribution >= 4 is 17.8 Å². The fourth-order valence-corrected chi connectivity index (χ4v) is 1.74. The summed E-state index contributed by atoms with van der Waals surface area (Å²) in [6.45, 7) is 2.76. The largest absolute Gasteiger partial charge is 0.480 e. The van der Waals surface area contributed by atoms with Gasteiger partial charge in [0.2, 0.25) is 5.91 Å². The number of aliphatic carboxylic acids is 1. The summed E-state index contributed by atoms with van der Waals surface area (Å²) in [6, 6.07) is -1.06. The van der Waals surface area contributed by atoms with Crippen LogP contribution in [-0.4, -0.2) is 48.8 Å². The van der Waals surface area contributed by atoms with Crippen molar-refractivity contribution in [1.82, 2.24) is 5.32 Å². The Balaban J connectivity index is 2.45. The minimum Gasteiger partial charge on any atom is -0.480 e. The van der Waals surface area contributed by atoms with Gasteiger partial charge in [-0.1, -0.05) is 6.08 Å². The first-order chi connectivity index (χ1) is 9.54. The minimum absolute atomic E-state index is 0.0213. The monoisotopic (exact) mass is 285 g/mol. The van der Waals surface area contributed by atoms with Crippen molar-refractivity contribution in [3.8, 4) is 0 Å². The molecule has 20 heavy (non-hydrogen) atoms. The molecule has 7 heteroatoms. The van der Waals surface area contributed by atoms with Crippen LogP contribution in [0.2, 0.25) is 0 Å². The highest BCUT2D eigenvalue weighted by molar-refractivity contribution is 5.85. The van der Waals surface area contributed by atoms with E-state index in [0.29, 0.717) is 19.6 Å². The quantitative estimate of drug-likeness (QED) is 0.508. The molecule has 0 bridgehead atoms. The molecule has 0 spiro atoms. The van der Waals surface area contributed by atoms with E-state index >= 15 is 0 Å². The van der Waals surface area contributed by atoms with Crippen molar-refractivity contribution in [2.45, 2.75) is 25.8 Å². The number of rotatable bonds is 7. The first-order valence-corrected chi connectivity index (χ1v) is 6.48. The number of hydrogen-bond acceptors (Lipinski definition) is 5. The summed E-state index contributed by atoms with van der Waals surface area (Å²) in [6.07, 6.45) is 3.15. The lowest BCUT2D eigenvalue weighted by molar-refractivity contribution is -0.142. The van der Waals surface area contributed by atoms with E-state index in [2.05, 4.69) is 10.1 Å². The Hall–Kier alpha value is -1.89. The number of carbonyl (C=O) groups is 3. The smallest absolute Gasteiger partial charge is 0.330 e. The number of hydrogen-bond donors (Lipinski definition) is 2. The van der Waals surface area contributed by atoms with E-state index in [0.717, 1.165) is 6.08 Å². The maximum Gasteiger partial charge on any atom is 0.330 e. The zero-order valence-electron chi connectivity index (χ0n) is 11.3. The molecule has 1 rings (SSSR count). The zero-order valence-corrected chi connectivity index (χ0v) is 11.3. The van der Waals surface area contributed by atoms with Crippen molar-refractivity contribution < 1.29 is 29.0 Å². The van der Waals surface area contributed by atoms with Crippen molar-refractivity contribution in [3.05, 3.63) is 12.2 Å². The van der Waals surface area contributed by atoms with Gasteiger partial charge in [-0.3, -0.25) is 4.79 Å². The van der Waals surface area contributed by atoms with Gasteiger partial charge in [0.15, 0.2) is 0 Å². The molecule has 1 fully saturated rings. The second-order valence-electron chi connectivity index (χ2n) is 4.35. The highest BCUT2D eigenvalue weighted by Crippen LogP contribution is 2.12. The molecule has 0 aliphatic carbocycles. The molecule has 112 valence electrons. The Morgan fingerprint density at radius 1 is 1.50 bits per heavy atom. The zero-order chi connectivity index (χ0) is 15.0. The first kappa shape index (κ1) is 16.2. The van der Waals surface area contributed by atoms with Crippen LogP contribution in [0.25, 0.3) is 0 Å². The molecule has 2 N–H and O–H groups in total. The predicted molar refractivity (Wildman–Crippen MR) is 68.9 cm³/mol. The van der Waals surface area contributed by atoms with E-state index in [1.165, 1.54) is 6.08 Å². The lowest BCUT2D eigenvalue weighted by Gasteiger charge is -2.15. The minimum atomic E-state index is -1.15. The van der Waals surface area contributed by atoms with Gasteiger partial charge in [-0.05, 0) is 19.8 Å². The molecule has 0 aromatic rings. The summed E-state index contributed by atoms with van der Waals surface area (Å²) in [7, 11) is 0. The van der Waals surface area contributed by atoms with Crippen LogP contribution in [0.1, 0.15) is 19.8 Å². The Labute approximate surface area is 116 Å². The third-order valence-corrected chi connectivity index (χ3v) is 2.83. The highest BCUT2D eigenvalue weighted by atomic mass is 16.5. The van der Waals surface area contributed by atoms with Crippen LogP contribution in [0.15, 0.2) is 12.2 Å². The van der Waals surface area contributed by atoms with E-state index in [4.69, 9.17) is 9.84 Å². The lowest BCUT2D eigenvalue weighted by Crippen LogP contribution is -2.43. The molecule has 1 amide bonds. The normalized spacial score (nSPS) is 19.8. The number of ether oxygens (including phenoxy) is 2. The van der Waals surface area contributed by atoms with E-state index < -0.39 is 18.0 Å². The van der Waals surface area contributed by atoms with Crippen LogP contribution in [0.5, 0.6) is 0 Å². The molecule has 7 nitrogen and oxygen atoms in total. The van der Waals surface area contributed by atoms with Crippen molar-refractivity contribution in [3.63, 3.8) is 0 Å². The molecular formula is C13H19NO6. The molecule has 1 heterocycles. The lowest BCUT2D eigenvalue weighted by atomic mass is 10.1. The van der Waals surface area contributed by atoms with Crippen LogP contribution in [0, 0.1) is 5.92 Å². The standard InChI is InChI=1S/C13H19NO6/c1-2-20-11(15)5-3-4-10(13(17)18)14-12(16)9-6-7-19-8-9/h3,5,9-10H,2,4,6-8H2,1H3,(H,14,16)(H,17,18)/b5-3+/t9-,10+/m1/s1. The Kier molecular flexibility index (Phi) is 6.72. The maximum absolute atomic E-state index is 11.8. The van der Waals surface area contributed by atoms with Crippen LogP contribution >= 0.6 is 0 Å². The maximum atomic E-state index is 11.8. The summed E-state index contributed by atoms with van der Waals surface area (Å²) in [4.78, 5) is 33.9. The van der Waals surface area contributed by atoms with Gasteiger partial charge in [0.25, 0.3) is 0 Å². The summed E-state index contributed by atoms with van der Waals surface area (Å²) in [5, 5.41) is 11.5. The fraction of sp³-hybridized carbons (Fsp3) is 0.615. The van der Waals surface area contributed by atoms with Gasteiger partial charge >= 0.3 is 11.9 Å². The molecule has 1 saturated heterocycles. The average Bonchev–Trinajstić information content (AvgIpc) is 2.91. The summed E-state index contributed by atoms with van der Waals surface area (Å²) in [5.41, 5.74) is 0. The molecule has 2 atom stereocenters. The summed E-state index contributed by atoms with van der Waals surface area (Å²) < 4.78 is 9.75. The predicted octanol–water partition coefficient (Wildman–Crippen LogP) is 0.102. The Bertz CT molecular complexity index is 386. The molecule has 0 saturated carbocycles. The van der Waals surface area contributed by atoms with Crippen molar-refractivity contribution in [1.29, 1.82) is 0 Å². The Morgan fingerprint density at radius 2 is 2.25 bits per heavy atom. The van der Waals surface area contributed by atoms with Crippen LogP contribution in [-0.2, 0) is 23.9 Å². The number of nitrogens with one attached hydrogen (secondary N) is 1. The second kappa shape index (κ2) is 8.31. The summed E-state index contributed by atoms with van der Waals surface area (Å²) in [5.74, 6) is -2.32. The number of esters is 1. The summed E-state index contributed by atoms with van der Waals surface area (Å²) >= 11 is 0. The molecule has 0 aromatic heterocycles. The van der Waals surface area contributed by atoms with Crippen LogP contribution in [0.3, 0.4) is 0 Å². The second-order valence-corrected chi connectivity index (χ2v) is 4.35. The molecule has 0 aromatic carbocycles. The highest BCUT2D eigenvalue weighted by Gasteiger charge is 2.27. The number of carboxylic acid groups (broad SMARTS) is 1. The van der Waals surface area contributed by atoms with Crippen LogP contribution in [0.4, 0.5) is 0 Å². The van der Waals surface area contributed by atoms with Crippen LogP contribution < -0.4 is 5.32 Å². The number of carbonyl (C=O) groups excluding carboxylic acids is 2. The molecule has 1 aliphatic heterocycles. The van der Waals surface area contributed by atoms with E-state index in [1.807, 2.05) is 0 Å². The fourth-order valence-electron chi connectivity index (χ4n) is 1.74. The molecular weight excluding hydrogens is 266 g/mol. The van der Waals surface area contributed by atoms with Gasteiger partial charge in [0.05, 0.1) is 19.1 Å².